The predicted molar refractivity (Wildman–Crippen MR) is 85.8 cm³/mol. The van der Waals surface area contributed by atoms with Gasteiger partial charge in [0.25, 0.3) is 0 Å². The Labute approximate surface area is 127 Å². The highest BCUT2D eigenvalue weighted by molar-refractivity contribution is 8.01. The number of rotatable bonds is 4. The highest BCUT2D eigenvalue weighted by Crippen LogP contribution is 2.33. The summed E-state index contributed by atoms with van der Waals surface area (Å²) in [7, 11) is -0.952. The fraction of sp³-hybridized carbons (Fsp3) is 1.00. The first-order valence-electron chi connectivity index (χ1n) is 7.40. The van der Waals surface area contributed by atoms with Crippen molar-refractivity contribution < 1.29 is 8.42 Å². The number of hydrogen-bond donors (Lipinski definition) is 1. The lowest BCUT2D eigenvalue weighted by molar-refractivity contribution is 0.0226. The third kappa shape index (κ3) is 3.16. The Morgan fingerprint density at radius 2 is 2.15 bits per heavy atom. The maximum atomic E-state index is 12.4. The van der Waals surface area contributed by atoms with E-state index in [1.807, 2.05) is 0 Å². The van der Waals surface area contributed by atoms with E-state index in [1.165, 1.54) is 0 Å². The summed E-state index contributed by atoms with van der Waals surface area (Å²) in [5, 5.41) is -0.360. The van der Waals surface area contributed by atoms with Gasteiger partial charge in [0.1, 0.15) is 5.37 Å². The second-order valence-electron chi connectivity index (χ2n) is 5.94. The molecule has 2 rings (SSSR count). The van der Waals surface area contributed by atoms with Crippen LogP contribution >= 0.6 is 11.8 Å². The van der Waals surface area contributed by atoms with Gasteiger partial charge in [-0.25, -0.2) is 8.42 Å². The maximum absolute atomic E-state index is 12.4. The van der Waals surface area contributed by atoms with Crippen molar-refractivity contribution in [3.63, 3.8) is 0 Å². The summed E-state index contributed by atoms with van der Waals surface area (Å²) in [6.45, 7) is 5.08. The van der Waals surface area contributed by atoms with E-state index in [0.29, 0.717) is 12.3 Å². The first-order valence-corrected chi connectivity index (χ1v) is 10.3. The van der Waals surface area contributed by atoms with Crippen molar-refractivity contribution >= 4 is 21.6 Å². The van der Waals surface area contributed by atoms with Crippen molar-refractivity contribution in [2.24, 2.45) is 5.73 Å². The number of likely N-dealkylation sites (N-methyl/N-ethyl adjacent to an activating group) is 1. The second-order valence-corrected chi connectivity index (χ2v) is 9.54. The van der Waals surface area contributed by atoms with E-state index in [4.69, 9.17) is 5.73 Å². The van der Waals surface area contributed by atoms with Gasteiger partial charge in [-0.2, -0.15) is 11.8 Å². The highest BCUT2D eigenvalue weighted by atomic mass is 32.2. The molecule has 0 amide bonds. The average molecular weight is 322 g/mol. The molecule has 2 aliphatic heterocycles. The monoisotopic (exact) mass is 321 g/mol. The first-order chi connectivity index (χ1) is 9.45. The lowest BCUT2D eigenvalue weighted by atomic mass is 9.87. The third-order valence-corrected chi connectivity index (χ3v) is 7.93. The van der Waals surface area contributed by atoms with Crippen LogP contribution in [0.5, 0.6) is 0 Å². The minimum Gasteiger partial charge on any atom is -0.329 e. The average Bonchev–Trinajstić information content (AvgIpc) is 2.47. The quantitative estimate of drug-likeness (QED) is 0.799. The fourth-order valence-corrected chi connectivity index (χ4v) is 6.56. The largest absolute Gasteiger partial charge is 0.329 e. The van der Waals surface area contributed by atoms with Gasteiger partial charge >= 0.3 is 0 Å². The van der Waals surface area contributed by atoms with Crippen LogP contribution in [0.15, 0.2) is 0 Å². The molecular weight excluding hydrogens is 294 g/mol. The van der Waals surface area contributed by atoms with Crippen molar-refractivity contribution in [1.82, 2.24) is 9.80 Å². The van der Waals surface area contributed by atoms with Gasteiger partial charge in [0.15, 0.2) is 9.84 Å². The van der Waals surface area contributed by atoms with Gasteiger partial charge in [0, 0.05) is 42.4 Å². The van der Waals surface area contributed by atoms with Crippen LogP contribution in [-0.4, -0.2) is 79.6 Å². The van der Waals surface area contributed by atoms with Gasteiger partial charge in [0.2, 0.25) is 0 Å². The van der Waals surface area contributed by atoms with E-state index < -0.39 is 9.84 Å². The van der Waals surface area contributed by atoms with Crippen LogP contribution in [0.4, 0.5) is 0 Å². The SMILES string of the molecule is CCS(=O)(=O)C1CSCCN1C1(CN)CCCN(C)C1. The molecule has 0 radical (unpaired) electrons. The zero-order valence-corrected chi connectivity index (χ0v) is 14.2. The Kier molecular flexibility index (Phi) is 5.40. The van der Waals surface area contributed by atoms with Gasteiger partial charge in [0.05, 0.1) is 0 Å². The van der Waals surface area contributed by atoms with Crippen molar-refractivity contribution in [2.45, 2.75) is 30.7 Å². The summed E-state index contributed by atoms with van der Waals surface area (Å²) in [6, 6.07) is 0. The van der Waals surface area contributed by atoms with Crippen LogP contribution in [0, 0.1) is 0 Å². The molecule has 2 unspecified atom stereocenters. The standard InChI is InChI=1S/C13H27N3O2S2/c1-3-20(17,18)12-9-19-8-7-16(12)13(10-14)5-4-6-15(2)11-13/h12H,3-11,14H2,1-2H3. The summed E-state index contributed by atoms with van der Waals surface area (Å²) >= 11 is 1.75. The minimum absolute atomic E-state index is 0.166. The molecule has 2 aliphatic rings. The number of sulfone groups is 1. The van der Waals surface area contributed by atoms with Crippen molar-refractivity contribution in [3.05, 3.63) is 0 Å². The highest BCUT2D eigenvalue weighted by Gasteiger charge is 2.46. The van der Waals surface area contributed by atoms with Crippen molar-refractivity contribution in [2.75, 3.05) is 50.5 Å². The van der Waals surface area contributed by atoms with Crippen molar-refractivity contribution in [1.29, 1.82) is 0 Å². The topological polar surface area (TPSA) is 66.6 Å². The Morgan fingerprint density at radius 3 is 2.75 bits per heavy atom. The van der Waals surface area contributed by atoms with Crippen LogP contribution in [0.2, 0.25) is 0 Å². The van der Waals surface area contributed by atoms with E-state index in [2.05, 4.69) is 16.8 Å². The molecule has 118 valence electrons. The summed E-state index contributed by atoms with van der Waals surface area (Å²) in [5.74, 6) is 1.90. The smallest absolute Gasteiger partial charge is 0.166 e. The normalized spacial score (nSPS) is 34.2. The molecule has 2 atom stereocenters. The molecule has 0 aromatic heterocycles. The molecule has 2 heterocycles. The number of thioether (sulfide) groups is 1. The van der Waals surface area contributed by atoms with Gasteiger partial charge in [-0.15, -0.1) is 0 Å². The number of hydrogen-bond acceptors (Lipinski definition) is 6. The second kappa shape index (κ2) is 6.52. The van der Waals surface area contributed by atoms with Crippen molar-refractivity contribution in [3.8, 4) is 0 Å². The molecule has 5 nitrogen and oxygen atoms in total. The van der Waals surface area contributed by atoms with Gasteiger partial charge in [-0.3, -0.25) is 4.90 Å². The number of piperidine rings is 1. The predicted octanol–water partition coefficient (Wildman–Crippen LogP) is 0.219. The molecule has 2 fully saturated rings. The van der Waals surface area contributed by atoms with Crippen LogP contribution in [0.1, 0.15) is 19.8 Å². The number of likely N-dealkylation sites (tertiary alicyclic amines) is 1. The lowest BCUT2D eigenvalue weighted by Gasteiger charge is -2.52. The molecular formula is C13H27N3O2S2. The van der Waals surface area contributed by atoms with Gasteiger partial charge in [-0.1, -0.05) is 6.92 Å². The zero-order chi connectivity index (χ0) is 14.8. The van der Waals surface area contributed by atoms with Crippen LogP contribution in [-0.2, 0) is 9.84 Å². The van der Waals surface area contributed by atoms with Gasteiger partial charge < -0.3 is 10.6 Å². The number of nitrogens with zero attached hydrogens (tertiary/aromatic N) is 2. The Bertz CT molecular complexity index is 429. The Morgan fingerprint density at radius 1 is 1.40 bits per heavy atom. The van der Waals surface area contributed by atoms with E-state index >= 15 is 0 Å². The van der Waals surface area contributed by atoms with E-state index in [-0.39, 0.29) is 16.7 Å². The Balaban J connectivity index is 2.30. The van der Waals surface area contributed by atoms with E-state index in [0.717, 1.165) is 38.2 Å². The zero-order valence-electron chi connectivity index (χ0n) is 12.5. The molecule has 2 N–H and O–H groups in total. The molecule has 2 saturated heterocycles. The molecule has 0 aromatic rings. The fourth-order valence-electron chi connectivity index (χ4n) is 3.47. The van der Waals surface area contributed by atoms with Gasteiger partial charge in [-0.05, 0) is 26.4 Å². The molecule has 0 saturated carbocycles. The van der Waals surface area contributed by atoms with Crippen LogP contribution in [0.25, 0.3) is 0 Å². The summed E-state index contributed by atoms with van der Waals surface area (Å²) in [4.78, 5) is 4.51. The van der Waals surface area contributed by atoms with E-state index in [1.54, 1.807) is 18.7 Å². The molecule has 20 heavy (non-hydrogen) atoms. The summed E-state index contributed by atoms with van der Waals surface area (Å²) in [5.41, 5.74) is 5.94. The maximum Gasteiger partial charge on any atom is 0.166 e. The molecule has 0 spiro atoms. The summed E-state index contributed by atoms with van der Waals surface area (Å²) < 4.78 is 24.9. The number of nitrogens with two attached hydrogens (primary N) is 1. The summed E-state index contributed by atoms with van der Waals surface area (Å²) in [6.07, 6.45) is 2.10. The van der Waals surface area contributed by atoms with Crippen LogP contribution in [0.3, 0.4) is 0 Å². The molecule has 0 aliphatic carbocycles. The minimum atomic E-state index is -3.05. The lowest BCUT2D eigenvalue weighted by Crippen LogP contribution is -2.67. The molecule has 0 aromatic carbocycles. The third-order valence-electron chi connectivity index (χ3n) is 4.64. The Hall–Kier alpha value is 0.180. The van der Waals surface area contributed by atoms with E-state index in [9.17, 15) is 8.42 Å². The first kappa shape index (κ1) is 16.5. The molecule has 7 heteroatoms. The van der Waals surface area contributed by atoms with Crippen LogP contribution < -0.4 is 5.73 Å². The molecule has 0 bridgehead atoms.